The fraction of sp³-hybridized carbons (Fsp3) is 0.400. The molecule has 11 aromatic rings. The number of hydrogen-bond donors (Lipinski definition) is 10. The second-order valence-electron chi connectivity index (χ2n) is 41.7. The molecule has 1 aromatic heterocycles. The molecule has 0 amide bonds. The number of benzene rings is 10. The Kier molecular flexibility index (Phi) is 25.7. The number of aromatic hydroxyl groups is 10. The number of phenols is 10. The van der Waals surface area contributed by atoms with E-state index in [2.05, 4.69) is 208 Å². The molecule has 11 rings (SSSR count). The van der Waals surface area contributed by atoms with Crippen LogP contribution in [-0.2, 0) is 54.1 Å². The highest BCUT2D eigenvalue weighted by Gasteiger charge is 2.28. The maximum absolute atomic E-state index is 12.9. The molecule has 0 saturated heterocycles. The smallest absolute Gasteiger partial charge is 0.149 e. The summed E-state index contributed by atoms with van der Waals surface area (Å²) in [6.07, 6.45) is 0. The Morgan fingerprint density at radius 1 is 0.117 bits per heavy atom. The predicted octanol–water partition coefficient (Wildman–Crippen LogP) is 33.4. The van der Waals surface area contributed by atoms with E-state index in [0.29, 0.717) is 94.0 Å². The van der Waals surface area contributed by atoms with Gasteiger partial charge in [0.2, 0.25) is 0 Å². The van der Waals surface area contributed by atoms with Crippen LogP contribution in [0.15, 0.2) is 121 Å². The van der Waals surface area contributed by atoms with E-state index in [0.717, 1.165) is 55.6 Å². The van der Waals surface area contributed by atoms with E-state index in [9.17, 15) is 51.1 Å². The summed E-state index contributed by atoms with van der Waals surface area (Å²) in [5, 5.41) is 129. The molecule has 10 N–H and O–H groups in total. The zero-order valence-corrected chi connectivity index (χ0v) is 83.3. The third kappa shape index (κ3) is 20.7. The lowest BCUT2D eigenvalue weighted by Gasteiger charge is -2.21. The molecular weight excluding hydrogens is 1680 g/mol. The fourth-order valence-corrected chi connectivity index (χ4v) is 23.8. The second-order valence-corrected chi connectivity index (χ2v) is 52.6. The van der Waals surface area contributed by atoms with E-state index in [4.69, 9.17) is 0 Å². The van der Waals surface area contributed by atoms with Crippen LogP contribution in [0.4, 0.5) is 0 Å². The third-order valence-electron chi connectivity index (χ3n) is 21.3. The highest BCUT2D eigenvalue weighted by molar-refractivity contribution is 7.30. The van der Waals surface area contributed by atoms with Gasteiger partial charge in [-0.15, -0.1) is 113 Å². The average Bonchev–Trinajstić information content (AvgIpc) is 0.774. The van der Waals surface area contributed by atoms with Crippen LogP contribution in [0.25, 0.3) is 94.0 Å². The van der Waals surface area contributed by atoms with Gasteiger partial charge in [0.15, 0.2) is 0 Å². The monoisotopic (exact) mass is 1800 g/mol. The summed E-state index contributed by atoms with van der Waals surface area (Å²) < 4.78 is 9.37. The molecule has 10 aromatic carbocycles. The van der Waals surface area contributed by atoms with Gasteiger partial charge in [-0.3, -0.25) is 0 Å². The molecule has 0 fully saturated rings. The van der Waals surface area contributed by atoms with Gasteiger partial charge >= 0.3 is 0 Å². The number of phenolic OH excluding ortho intramolecular Hbond substituents is 10. The number of fused-ring (bicyclic) bond motifs is 20. The standard InChI is InChI=1S/C100H120O10S10/c1-91(2,3)51-31-61-81(101)62(32-51)112-64-34-53(93(7,8)9)36-66(83(64)103)114-68-38-55(95(13,14)15)40-70(85(68)105)116-72-42-57(97(19,20)21)44-74(87(72)107)118-76-46-59(99(25,26)27)48-78(89(76)109)120-80-50-60(100(28,29)30)49-79(90(80)110)119-77-47-58(98(22,23)24)45-75(88(77)108)117-73-43-56(96(16,17)18)41-71(86(73)106)115-69-39-54(94(10,11)12)37-67(84(69)104)113-65-35-52(92(4,5)6)33-63(111-61)82(65)102/h31-50,101-110H,1-30H3. The van der Waals surface area contributed by atoms with Crippen molar-refractivity contribution in [3.05, 3.63) is 177 Å². The first-order valence-corrected chi connectivity index (χ1v) is 48.5. The Labute approximate surface area is 748 Å². The van der Waals surface area contributed by atoms with E-state index >= 15 is 0 Å². The van der Waals surface area contributed by atoms with Gasteiger partial charge in [0.05, 0.1) is 94.0 Å². The maximum Gasteiger partial charge on any atom is 0.149 e. The Morgan fingerprint density at radius 2 is 0.167 bits per heavy atom. The van der Waals surface area contributed by atoms with E-state index in [1.165, 1.54) is 113 Å². The molecule has 0 atom stereocenters. The van der Waals surface area contributed by atoms with Gasteiger partial charge in [-0.1, -0.05) is 208 Å². The van der Waals surface area contributed by atoms with Crippen molar-refractivity contribution in [1.29, 1.82) is 0 Å². The van der Waals surface area contributed by atoms with Crippen LogP contribution in [0.5, 0.6) is 57.5 Å². The SMILES string of the molecule is CC(C)(C)c1cc2sc3cc(C(C)(C)C)cc(sc4cc(C(C)(C)C)cc(sc5cc(C(C)(C)C)cc(sc6cc(C(C)(C)C)cc(sc7cc(C(C)(C)C)cc(sc8cc(C(C)(C)C)cc(sc9cc(C(C)(C)C)cc(sc%10cc(C(C)(C)C)cc(sc%11cc(C(C)(C)C)cc(sc(c1)c2O)c%11O)c%10O)c9O)c8O)c7O)c6O)c5O)c4O)c3O. The molecule has 0 radical (unpaired) electrons. The summed E-state index contributed by atoms with van der Waals surface area (Å²) in [5.41, 5.74) is 4.45. The molecule has 1 heterocycles. The van der Waals surface area contributed by atoms with Gasteiger partial charge in [0, 0.05) is 0 Å². The second kappa shape index (κ2) is 33.1. The Morgan fingerprint density at radius 3 is 0.208 bits per heavy atom. The Bertz CT molecular complexity index is 4990. The summed E-state index contributed by atoms with van der Waals surface area (Å²) in [4.78, 5) is 0. The van der Waals surface area contributed by atoms with E-state index in [-0.39, 0.29) is 57.5 Å². The van der Waals surface area contributed by atoms with E-state index < -0.39 is 54.1 Å². The molecule has 10 nitrogen and oxygen atoms in total. The molecule has 0 aliphatic carbocycles. The lowest BCUT2D eigenvalue weighted by atomic mass is 9.87. The van der Waals surface area contributed by atoms with Crippen LogP contribution in [0.1, 0.15) is 263 Å². The van der Waals surface area contributed by atoms with Gasteiger partial charge in [0.25, 0.3) is 0 Å². The molecule has 20 heteroatoms. The molecule has 20 bridgehead atoms. The van der Waals surface area contributed by atoms with E-state index in [1.807, 2.05) is 121 Å². The first-order chi connectivity index (χ1) is 54.8. The summed E-state index contributed by atoms with van der Waals surface area (Å²) in [5.74, 6) is -0.538. The first kappa shape index (κ1) is 93.1. The van der Waals surface area contributed by atoms with Crippen molar-refractivity contribution in [2.24, 2.45) is 0 Å². The zero-order chi connectivity index (χ0) is 89.3. The largest absolute Gasteiger partial charge is 0.505 e. The third-order valence-corrected chi connectivity index (χ3v) is 31.9. The van der Waals surface area contributed by atoms with Crippen LogP contribution in [0.2, 0.25) is 0 Å². The molecule has 120 heavy (non-hydrogen) atoms. The minimum Gasteiger partial charge on any atom is -0.505 e. The molecule has 0 spiro atoms. The predicted molar refractivity (Wildman–Crippen MR) is 534 cm³/mol. The number of hydrogen-bond acceptors (Lipinski definition) is 20. The lowest BCUT2D eigenvalue weighted by Crippen LogP contribution is -2.10. The maximum atomic E-state index is 12.9. The molecule has 0 aliphatic heterocycles. The first-order valence-electron chi connectivity index (χ1n) is 40.4. The van der Waals surface area contributed by atoms with Crippen LogP contribution in [0, 0.1) is 0 Å². The zero-order valence-electron chi connectivity index (χ0n) is 75.1. The Hall–Kier alpha value is -7.60. The van der Waals surface area contributed by atoms with Crippen molar-refractivity contribution < 1.29 is 51.1 Å². The molecule has 640 valence electrons. The highest BCUT2D eigenvalue weighted by atomic mass is 32.1. The fourth-order valence-electron chi connectivity index (χ4n) is 12.9. The quantitative estimate of drug-likeness (QED) is 0.0696. The minimum absolute atomic E-state index is 0.0538. The summed E-state index contributed by atoms with van der Waals surface area (Å²) >= 11 is 12.4. The van der Waals surface area contributed by atoms with Gasteiger partial charge in [-0.2, -0.15) is 0 Å². The Balaban J connectivity index is 1.40. The molecule has 0 saturated carbocycles. The van der Waals surface area contributed by atoms with Gasteiger partial charge in [0.1, 0.15) is 57.5 Å². The topological polar surface area (TPSA) is 202 Å². The molecule has 0 aliphatic rings. The van der Waals surface area contributed by atoms with Crippen molar-refractivity contribution in [2.45, 2.75) is 262 Å². The van der Waals surface area contributed by atoms with Gasteiger partial charge in [-0.05, 0) is 231 Å². The van der Waals surface area contributed by atoms with Crippen LogP contribution < -0.4 is 0 Å². The number of rotatable bonds is 0. The molecular formula is C100H120O10S10. The normalized spacial score (nSPS) is 12.9. The average molecular weight is 1800 g/mol. The summed E-state index contributed by atoms with van der Waals surface area (Å²) in [6, 6.07) is 39.2. The van der Waals surface area contributed by atoms with Crippen molar-refractivity contribution in [1.82, 2.24) is 0 Å². The van der Waals surface area contributed by atoms with Crippen molar-refractivity contribution in [2.75, 3.05) is 0 Å². The highest BCUT2D eigenvalue weighted by Crippen LogP contribution is 2.52. The lowest BCUT2D eigenvalue weighted by molar-refractivity contribution is 0.486. The van der Waals surface area contributed by atoms with Gasteiger partial charge in [-0.25, -0.2) is 0 Å². The van der Waals surface area contributed by atoms with Gasteiger partial charge < -0.3 is 51.1 Å². The van der Waals surface area contributed by atoms with Crippen molar-refractivity contribution in [3.8, 4) is 57.5 Å². The van der Waals surface area contributed by atoms with Crippen molar-refractivity contribution in [3.63, 3.8) is 0 Å². The van der Waals surface area contributed by atoms with Crippen LogP contribution in [-0.4, -0.2) is 51.1 Å². The van der Waals surface area contributed by atoms with Crippen LogP contribution in [0.3, 0.4) is 0 Å². The van der Waals surface area contributed by atoms with Crippen molar-refractivity contribution >= 4 is 207 Å². The summed E-state index contributed by atoms with van der Waals surface area (Å²) in [7, 11) is 0. The van der Waals surface area contributed by atoms with E-state index in [1.54, 1.807) is 0 Å². The molecule has 0 unspecified atom stereocenters. The minimum atomic E-state index is -0.449. The van der Waals surface area contributed by atoms with Crippen LogP contribution >= 0.6 is 113 Å². The summed E-state index contributed by atoms with van der Waals surface area (Å²) in [6.45, 7) is 63.2.